The lowest BCUT2D eigenvalue weighted by atomic mass is 9.99. The SMILES string of the molecule is CCCOc1c(Br)cc(C(=O)NC2CCCNC2C)cc1OC. The summed E-state index contributed by atoms with van der Waals surface area (Å²) in [5.74, 6) is 1.11. The van der Waals surface area contributed by atoms with Gasteiger partial charge in [-0.25, -0.2) is 0 Å². The van der Waals surface area contributed by atoms with Gasteiger partial charge in [-0.1, -0.05) is 6.92 Å². The molecule has 1 fully saturated rings. The number of benzene rings is 1. The molecule has 2 rings (SSSR count). The Hall–Kier alpha value is -1.27. The third kappa shape index (κ3) is 4.61. The molecule has 128 valence electrons. The van der Waals surface area contributed by atoms with E-state index < -0.39 is 0 Å². The number of rotatable bonds is 6. The summed E-state index contributed by atoms with van der Waals surface area (Å²) in [5.41, 5.74) is 0.565. The number of piperidine rings is 1. The minimum absolute atomic E-state index is 0.0911. The summed E-state index contributed by atoms with van der Waals surface area (Å²) in [6, 6.07) is 3.94. The molecule has 1 aromatic rings. The van der Waals surface area contributed by atoms with Crippen molar-refractivity contribution in [1.29, 1.82) is 0 Å². The molecule has 6 heteroatoms. The normalized spacial score (nSPS) is 20.9. The zero-order valence-electron chi connectivity index (χ0n) is 13.9. The van der Waals surface area contributed by atoms with Crippen molar-refractivity contribution in [2.45, 2.75) is 45.2 Å². The van der Waals surface area contributed by atoms with Crippen LogP contribution < -0.4 is 20.1 Å². The fourth-order valence-electron chi connectivity index (χ4n) is 2.69. The summed E-state index contributed by atoms with van der Waals surface area (Å²) in [6.45, 7) is 5.76. The summed E-state index contributed by atoms with van der Waals surface area (Å²) in [6.07, 6.45) is 2.98. The van der Waals surface area contributed by atoms with Gasteiger partial charge in [0.05, 0.1) is 18.2 Å². The first-order chi connectivity index (χ1) is 11.1. The first kappa shape index (κ1) is 18.1. The second kappa shape index (κ2) is 8.55. The van der Waals surface area contributed by atoms with Crippen molar-refractivity contribution in [2.24, 2.45) is 0 Å². The number of halogens is 1. The molecule has 1 aliphatic heterocycles. The van der Waals surface area contributed by atoms with E-state index in [0.717, 1.165) is 30.3 Å². The first-order valence-corrected chi connectivity index (χ1v) is 8.90. The van der Waals surface area contributed by atoms with Gasteiger partial charge in [0.15, 0.2) is 11.5 Å². The lowest BCUT2D eigenvalue weighted by Crippen LogP contribution is -2.51. The highest BCUT2D eigenvalue weighted by Gasteiger charge is 2.24. The number of methoxy groups -OCH3 is 1. The zero-order valence-corrected chi connectivity index (χ0v) is 15.5. The van der Waals surface area contributed by atoms with Crippen molar-refractivity contribution in [2.75, 3.05) is 20.3 Å². The van der Waals surface area contributed by atoms with Gasteiger partial charge in [-0.05, 0) is 60.8 Å². The van der Waals surface area contributed by atoms with Crippen LogP contribution in [-0.4, -0.2) is 38.3 Å². The zero-order chi connectivity index (χ0) is 16.8. The van der Waals surface area contributed by atoms with Crippen molar-refractivity contribution in [3.8, 4) is 11.5 Å². The topological polar surface area (TPSA) is 59.6 Å². The lowest BCUT2D eigenvalue weighted by molar-refractivity contribution is 0.0919. The fraction of sp³-hybridized carbons (Fsp3) is 0.588. The molecule has 1 saturated heterocycles. The highest BCUT2D eigenvalue weighted by atomic mass is 79.9. The Kier molecular flexibility index (Phi) is 6.72. The maximum atomic E-state index is 12.5. The van der Waals surface area contributed by atoms with Gasteiger partial charge in [-0.3, -0.25) is 4.79 Å². The highest BCUT2D eigenvalue weighted by molar-refractivity contribution is 9.10. The van der Waals surface area contributed by atoms with Crippen LogP contribution in [0.25, 0.3) is 0 Å². The van der Waals surface area contributed by atoms with Gasteiger partial charge in [0.1, 0.15) is 0 Å². The van der Waals surface area contributed by atoms with E-state index in [2.05, 4.69) is 33.5 Å². The van der Waals surface area contributed by atoms with Gasteiger partial charge in [-0.2, -0.15) is 0 Å². The van der Waals surface area contributed by atoms with E-state index in [9.17, 15) is 4.79 Å². The maximum Gasteiger partial charge on any atom is 0.251 e. The molecule has 2 atom stereocenters. The standard InChI is InChI=1S/C17H25BrN2O3/c1-4-8-23-16-13(18)9-12(10-15(16)22-3)17(21)20-14-6-5-7-19-11(14)2/h9-11,14,19H,4-8H2,1-3H3,(H,20,21). The number of hydrogen-bond donors (Lipinski definition) is 2. The van der Waals surface area contributed by atoms with E-state index in [1.165, 1.54) is 0 Å². The number of carbonyl (C=O) groups is 1. The van der Waals surface area contributed by atoms with E-state index in [-0.39, 0.29) is 18.0 Å². The number of amides is 1. The molecule has 5 nitrogen and oxygen atoms in total. The fourth-order valence-corrected chi connectivity index (χ4v) is 3.24. The molecule has 0 radical (unpaired) electrons. The molecule has 23 heavy (non-hydrogen) atoms. The summed E-state index contributed by atoms with van der Waals surface area (Å²) in [5, 5.41) is 6.49. The van der Waals surface area contributed by atoms with Crippen LogP contribution in [0.3, 0.4) is 0 Å². The van der Waals surface area contributed by atoms with Crippen molar-refractivity contribution in [3.63, 3.8) is 0 Å². The van der Waals surface area contributed by atoms with Crippen LogP contribution in [0.15, 0.2) is 16.6 Å². The molecule has 0 bridgehead atoms. The van der Waals surface area contributed by atoms with Crippen LogP contribution in [-0.2, 0) is 0 Å². The third-order valence-corrected chi connectivity index (χ3v) is 4.61. The Balaban J connectivity index is 2.15. The monoisotopic (exact) mass is 384 g/mol. The minimum atomic E-state index is -0.0911. The smallest absolute Gasteiger partial charge is 0.251 e. The Bertz CT molecular complexity index is 551. The predicted octanol–water partition coefficient (Wildman–Crippen LogP) is 3.12. The summed E-state index contributed by atoms with van der Waals surface area (Å²) < 4.78 is 11.8. The van der Waals surface area contributed by atoms with Crippen LogP contribution in [0.5, 0.6) is 11.5 Å². The van der Waals surface area contributed by atoms with Gasteiger partial charge in [0.25, 0.3) is 5.91 Å². The Morgan fingerprint density at radius 1 is 1.48 bits per heavy atom. The maximum absolute atomic E-state index is 12.5. The van der Waals surface area contributed by atoms with Gasteiger partial charge in [0.2, 0.25) is 0 Å². The largest absolute Gasteiger partial charge is 0.493 e. The molecule has 0 saturated carbocycles. The van der Waals surface area contributed by atoms with Gasteiger partial charge >= 0.3 is 0 Å². The average Bonchev–Trinajstić information content (AvgIpc) is 2.55. The highest BCUT2D eigenvalue weighted by Crippen LogP contribution is 2.36. The predicted molar refractivity (Wildman–Crippen MR) is 94.4 cm³/mol. The van der Waals surface area contributed by atoms with Crippen LogP contribution >= 0.6 is 15.9 Å². The first-order valence-electron chi connectivity index (χ1n) is 8.11. The molecule has 2 unspecified atom stereocenters. The van der Waals surface area contributed by atoms with E-state index >= 15 is 0 Å². The average molecular weight is 385 g/mol. The Labute approximate surface area is 146 Å². The molecular weight excluding hydrogens is 360 g/mol. The summed E-state index contributed by atoms with van der Waals surface area (Å²) >= 11 is 3.48. The molecule has 1 aliphatic rings. The number of nitrogens with one attached hydrogen (secondary N) is 2. The van der Waals surface area contributed by atoms with Crippen molar-refractivity contribution in [1.82, 2.24) is 10.6 Å². The lowest BCUT2D eigenvalue weighted by Gasteiger charge is -2.30. The van der Waals surface area contributed by atoms with Crippen LogP contribution in [0, 0.1) is 0 Å². The quantitative estimate of drug-likeness (QED) is 0.790. The molecule has 2 N–H and O–H groups in total. The molecule has 0 aromatic heterocycles. The molecule has 1 aromatic carbocycles. The number of ether oxygens (including phenoxy) is 2. The van der Waals surface area contributed by atoms with Crippen molar-refractivity contribution >= 4 is 21.8 Å². The van der Waals surface area contributed by atoms with Crippen molar-refractivity contribution < 1.29 is 14.3 Å². The van der Waals surface area contributed by atoms with Gasteiger partial charge < -0.3 is 20.1 Å². The van der Waals surface area contributed by atoms with Crippen LogP contribution in [0.1, 0.15) is 43.5 Å². The van der Waals surface area contributed by atoms with Crippen LogP contribution in [0.2, 0.25) is 0 Å². The van der Waals surface area contributed by atoms with Crippen molar-refractivity contribution in [3.05, 3.63) is 22.2 Å². The molecule has 1 heterocycles. The van der Waals surface area contributed by atoms with E-state index in [0.29, 0.717) is 23.7 Å². The van der Waals surface area contributed by atoms with E-state index in [1.54, 1.807) is 19.2 Å². The second-order valence-corrected chi connectivity index (χ2v) is 6.66. The Morgan fingerprint density at radius 2 is 2.26 bits per heavy atom. The minimum Gasteiger partial charge on any atom is -0.493 e. The molecule has 0 spiro atoms. The third-order valence-electron chi connectivity index (χ3n) is 4.02. The van der Waals surface area contributed by atoms with E-state index in [4.69, 9.17) is 9.47 Å². The molecule has 0 aliphatic carbocycles. The second-order valence-electron chi connectivity index (χ2n) is 5.80. The summed E-state index contributed by atoms with van der Waals surface area (Å²) in [7, 11) is 1.58. The Morgan fingerprint density at radius 3 is 2.91 bits per heavy atom. The number of carbonyl (C=O) groups excluding carboxylic acids is 1. The molecular formula is C17H25BrN2O3. The van der Waals surface area contributed by atoms with Gasteiger partial charge in [-0.15, -0.1) is 0 Å². The van der Waals surface area contributed by atoms with Crippen LogP contribution in [0.4, 0.5) is 0 Å². The summed E-state index contributed by atoms with van der Waals surface area (Å²) in [4.78, 5) is 12.5. The number of hydrogen-bond acceptors (Lipinski definition) is 4. The molecule has 1 amide bonds. The van der Waals surface area contributed by atoms with Gasteiger partial charge in [0, 0.05) is 17.6 Å². The van der Waals surface area contributed by atoms with E-state index in [1.807, 2.05) is 6.92 Å².